The smallest absolute Gasteiger partial charge is 0.0978 e. The van der Waals surface area contributed by atoms with Gasteiger partial charge in [-0.1, -0.05) is 37.0 Å². The largest absolute Gasteiger partial charge is 0.282 e. The minimum atomic E-state index is 0.500. The van der Waals surface area contributed by atoms with Crippen molar-refractivity contribution in [2.24, 2.45) is 5.92 Å². The van der Waals surface area contributed by atoms with Gasteiger partial charge in [0.05, 0.1) is 15.7 Å². The van der Waals surface area contributed by atoms with Crippen molar-refractivity contribution in [3.8, 4) is 0 Å². The third-order valence-electron chi connectivity index (χ3n) is 1.44. The van der Waals surface area contributed by atoms with Crippen molar-refractivity contribution in [2.75, 3.05) is 6.54 Å². The standard InChI is InChI=1S/C9H11Cl2N2/c1-6(2)3-13-9-7(10)4-12-5-8(9)11/h4-6H,3H2,1-2H3. The van der Waals surface area contributed by atoms with Crippen LogP contribution < -0.4 is 5.32 Å². The van der Waals surface area contributed by atoms with E-state index >= 15 is 0 Å². The van der Waals surface area contributed by atoms with Crippen LogP contribution in [0, 0.1) is 5.92 Å². The van der Waals surface area contributed by atoms with E-state index in [9.17, 15) is 0 Å². The maximum Gasteiger partial charge on any atom is 0.0978 e. The molecule has 0 aliphatic heterocycles. The van der Waals surface area contributed by atoms with Gasteiger partial charge >= 0.3 is 0 Å². The zero-order valence-corrected chi connectivity index (χ0v) is 9.10. The highest BCUT2D eigenvalue weighted by molar-refractivity contribution is 6.38. The molecule has 2 nitrogen and oxygen atoms in total. The van der Waals surface area contributed by atoms with Crippen LogP contribution in [-0.2, 0) is 0 Å². The third kappa shape index (κ3) is 3.05. The van der Waals surface area contributed by atoms with E-state index in [-0.39, 0.29) is 0 Å². The quantitative estimate of drug-likeness (QED) is 0.764. The van der Waals surface area contributed by atoms with Crippen molar-refractivity contribution in [3.05, 3.63) is 22.4 Å². The second-order valence-electron chi connectivity index (χ2n) is 3.19. The maximum atomic E-state index is 5.87. The minimum absolute atomic E-state index is 0.500. The number of pyridine rings is 1. The van der Waals surface area contributed by atoms with E-state index in [2.05, 4.69) is 24.1 Å². The van der Waals surface area contributed by atoms with E-state index in [1.54, 1.807) is 12.4 Å². The summed E-state index contributed by atoms with van der Waals surface area (Å²) in [6, 6.07) is 0. The molecule has 1 radical (unpaired) electrons. The summed E-state index contributed by atoms with van der Waals surface area (Å²) in [5, 5.41) is 5.32. The van der Waals surface area contributed by atoms with Gasteiger partial charge in [0.25, 0.3) is 0 Å². The fourth-order valence-corrected chi connectivity index (χ4v) is 1.31. The number of hydrogen-bond donors (Lipinski definition) is 0. The summed E-state index contributed by atoms with van der Waals surface area (Å²) in [5.74, 6) is 0.500. The summed E-state index contributed by atoms with van der Waals surface area (Å²) in [7, 11) is 0. The Labute approximate surface area is 88.3 Å². The highest BCUT2D eigenvalue weighted by Gasteiger charge is 2.07. The van der Waals surface area contributed by atoms with Crippen LogP contribution in [0.1, 0.15) is 13.8 Å². The van der Waals surface area contributed by atoms with Gasteiger partial charge in [0.15, 0.2) is 0 Å². The van der Waals surface area contributed by atoms with Gasteiger partial charge in [0.2, 0.25) is 0 Å². The maximum absolute atomic E-state index is 5.87. The molecule has 0 atom stereocenters. The lowest BCUT2D eigenvalue weighted by Gasteiger charge is -2.08. The third-order valence-corrected chi connectivity index (χ3v) is 2.00. The van der Waals surface area contributed by atoms with Gasteiger partial charge in [-0.2, -0.15) is 0 Å². The topological polar surface area (TPSA) is 27.0 Å². The predicted molar refractivity (Wildman–Crippen MR) is 55.8 cm³/mol. The van der Waals surface area contributed by atoms with Crippen molar-refractivity contribution >= 4 is 28.9 Å². The molecule has 0 fully saturated rings. The average Bonchev–Trinajstić information content (AvgIpc) is 2.03. The van der Waals surface area contributed by atoms with E-state index in [1.165, 1.54) is 0 Å². The Balaban J connectivity index is 2.75. The van der Waals surface area contributed by atoms with Crippen molar-refractivity contribution in [1.29, 1.82) is 0 Å². The first-order chi connectivity index (χ1) is 6.11. The summed E-state index contributed by atoms with van der Waals surface area (Å²) in [6.45, 7) is 4.91. The second-order valence-corrected chi connectivity index (χ2v) is 4.00. The first-order valence-electron chi connectivity index (χ1n) is 4.07. The second kappa shape index (κ2) is 4.68. The number of nitrogens with zero attached hydrogens (tertiary/aromatic N) is 2. The number of aromatic nitrogens is 1. The van der Waals surface area contributed by atoms with E-state index in [1.807, 2.05) is 0 Å². The van der Waals surface area contributed by atoms with Crippen molar-refractivity contribution in [3.63, 3.8) is 0 Å². The van der Waals surface area contributed by atoms with Crippen LogP contribution in [0.15, 0.2) is 12.4 Å². The Morgan fingerprint density at radius 3 is 2.31 bits per heavy atom. The molecule has 0 spiro atoms. The molecule has 0 aromatic carbocycles. The van der Waals surface area contributed by atoms with Gasteiger partial charge in [0, 0.05) is 18.9 Å². The number of rotatable bonds is 3. The fraction of sp³-hybridized carbons (Fsp3) is 0.444. The van der Waals surface area contributed by atoms with E-state index in [0.717, 1.165) is 6.54 Å². The molecule has 0 aliphatic rings. The molecule has 71 valence electrons. The predicted octanol–water partition coefficient (Wildman–Crippen LogP) is 3.28. The molecule has 13 heavy (non-hydrogen) atoms. The Morgan fingerprint density at radius 2 is 1.85 bits per heavy atom. The molecular weight excluding hydrogens is 207 g/mol. The normalized spacial score (nSPS) is 10.5. The molecular formula is C9H11Cl2N2. The summed E-state index contributed by atoms with van der Waals surface area (Å²) >= 11 is 11.7. The Bertz CT molecular complexity index is 267. The molecule has 0 saturated carbocycles. The summed E-state index contributed by atoms with van der Waals surface area (Å²) in [5.41, 5.74) is 0.645. The SMILES string of the molecule is CC(C)C[N]c1c(Cl)cncc1Cl. The van der Waals surface area contributed by atoms with Crippen molar-refractivity contribution in [2.45, 2.75) is 13.8 Å². The zero-order valence-electron chi connectivity index (χ0n) is 7.59. The molecule has 0 amide bonds. The van der Waals surface area contributed by atoms with Gasteiger partial charge < -0.3 is 0 Å². The zero-order chi connectivity index (χ0) is 9.84. The Morgan fingerprint density at radius 1 is 1.31 bits per heavy atom. The van der Waals surface area contributed by atoms with Crippen LogP contribution in [0.25, 0.3) is 0 Å². The lowest BCUT2D eigenvalue weighted by atomic mass is 10.2. The molecule has 1 aromatic heterocycles. The molecule has 1 aromatic rings. The van der Waals surface area contributed by atoms with Crippen LogP contribution in [0.3, 0.4) is 0 Å². The molecule has 1 rings (SSSR count). The Kier molecular flexibility index (Phi) is 3.82. The monoisotopic (exact) mass is 217 g/mol. The molecule has 0 aliphatic carbocycles. The summed E-state index contributed by atoms with van der Waals surface area (Å²) in [6.07, 6.45) is 3.10. The van der Waals surface area contributed by atoms with Crippen molar-refractivity contribution < 1.29 is 0 Å². The van der Waals surface area contributed by atoms with Gasteiger partial charge in [-0.05, 0) is 5.92 Å². The molecule has 0 bridgehead atoms. The van der Waals surface area contributed by atoms with Gasteiger partial charge in [-0.25, -0.2) is 0 Å². The van der Waals surface area contributed by atoms with Crippen LogP contribution in [0.2, 0.25) is 10.0 Å². The number of halogens is 2. The molecule has 0 N–H and O–H groups in total. The summed E-state index contributed by atoms with van der Waals surface area (Å²) < 4.78 is 0. The first-order valence-corrected chi connectivity index (χ1v) is 4.83. The molecule has 0 saturated heterocycles. The van der Waals surface area contributed by atoms with Gasteiger partial charge in [-0.3, -0.25) is 10.3 Å². The van der Waals surface area contributed by atoms with E-state index < -0.39 is 0 Å². The first kappa shape index (κ1) is 10.6. The highest BCUT2D eigenvalue weighted by atomic mass is 35.5. The molecule has 4 heteroatoms. The minimum Gasteiger partial charge on any atom is -0.282 e. The van der Waals surface area contributed by atoms with Gasteiger partial charge in [-0.15, -0.1) is 0 Å². The summed E-state index contributed by atoms with van der Waals surface area (Å²) in [4.78, 5) is 3.85. The number of hydrogen-bond acceptors (Lipinski definition) is 1. The lowest BCUT2D eigenvalue weighted by Crippen LogP contribution is -2.07. The van der Waals surface area contributed by atoms with E-state index in [0.29, 0.717) is 21.7 Å². The van der Waals surface area contributed by atoms with Crippen LogP contribution >= 0.6 is 23.2 Å². The van der Waals surface area contributed by atoms with Gasteiger partial charge in [0.1, 0.15) is 0 Å². The van der Waals surface area contributed by atoms with Crippen LogP contribution in [0.5, 0.6) is 0 Å². The fourth-order valence-electron chi connectivity index (χ4n) is 0.829. The van der Waals surface area contributed by atoms with Crippen LogP contribution in [-0.4, -0.2) is 11.5 Å². The molecule has 0 unspecified atom stereocenters. The van der Waals surface area contributed by atoms with Crippen LogP contribution in [0.4, 0.5) is 5.69 Å². The Hall–Kier alpha value is -0.470. The highest BCUT2D eigenvalue weighted by Crippen LogP contribution is 2.28. The average molecular weight is 218 g/mol. The lowest BCUT2D eigenvalue weighted by molar-refractivity contribution is 0.609. The molecule has 1 heterocycles. The van der Waals surface area contributed by atoms with Crippen molar-refractivity contribution in [1.82, 2.24) is 10.3 Å². The van der Waals surface area contributed by atoms with E-state index in [4.69, 9.17) is 23.2 Å².